The Hall–Kier alpha value is -2.49. The van der Waals surface area contributed by atoms with Crippen LogP contribution in [0.4, 0.5) is 19.0 Å². The standard InChI is InChI=1S/C24H31F3N4O2S/c1-4-5-6-7-8-9-15(2)29-19-12-18(24(25,26)27)17(13-28-19)22-21(30-20(14-32)34-22)23(33)31-11-10-16(31)3/h12-16H,4-11H2,1-3H3,(H,28,29)/t15?,16-/m0/s1. The molecular formula is C24H31F3N4O2S. The number of hydrogen-bond acceptors (Lipinski definition) is 6. The number of aldehydes is 1. The summed E-state index contributed by atoms with van der Waals surface area (Å²) in [5.74, 6) is -0.341. The van der Waals surface area contributed by atoms with Crippen LogP contribution in [0, 0.1) is 0 Å². The van der Waals surface area contributed by atoms with Gasteiger partial charge < -0.3 is 10.2 Å². The van der Waals surface area contributed by atoms with E-state index in [1.165, 1.54) is 6.42 Å². The molecule has 2 atom stereocenters. The Bertz CT molecular complexity index is 1010. The van der Waals surface area contributed by atoms with Crippen LogP contribution in [0.3, 0.4) is 0 Å². The van der Waals surface area contributed by atoms with Gasteiger partial charge in [0.25, 0.3) is 5.91 Å². The summed E-state index contributed by atoms with van der Waals surface area (Å²) in [4.78, 5) is 34.1. The lowest BCUT2D eigenvalue weighted by molar-refractivity contribution is -0.137. The van der Waals surface area contributed by atoms with Crippen molar-refractivity contribution in [2.45, 2.75) is 84.0 Å². The van der Waals surface area contributed by atoms with Gasteiger partial charge in [-0.25, -0.2) is 9.97 Å². The monoisotopic (exact) mass is 496 g/mol. The van der Waals surface area contributed by atoms with Gasteiger partial charge in [-0.3, -0.25) is 9.59 Å². The number of pyridine rings is 1. The first-order valence-corrected chi connectivity index (χ1v) is 12.6. The van der Waals surface area contributed by atoms with Gasteiger partial charge in [0.15, 0.2) is 11.3 Å². The lowest BCUT2D eigenvalue weighted by Crippen LogP contribution is -2.49. The van der Waals surface area contributed by atoms with Crippen molar-refractivity contribution in [1.82, 2.24) is 14.9 Å². The molecule has 0 radical (unpaired) electrons. The molecule has 0 saturated carbocycles. The number of likely N-dealkylation sites (tertiary alicyclic amines) is 1. The van der Waals surface area contributed by atoms with Crippen LogP contribution in [0.1, 0.15) is 91.6 Å². The smallest absolute Gasteiger partial charge is 0.368 e. The van der Waals surface area contributed by atoms with Crippen LogP contribution in [0.15, 0.2) is 12.3 Å². The second kappa shape index (κ2) is 11.3. The third kappa shape index (κ3) is 6.14. The van der Waals surface area contributed by atoms with Crippen molar-refractivity contribution >= 4 is 29.3 Å². The number of thiazole rings is 1. The van der Waals surface area contributed by atoms with Crippen LogP contribution in [0.25, 0.3) is 10.4 Å². The van der Waals surface area contributed by atoms with Gasteiger partial charge in [-0.1, -0.05) is 39.0 Å². The lowest BCUT2D eigenvalue weighted by atomic mass is 10.0. The average Bonchev–Trinajstić information content (AvgIpc) is 3.22. The van der Waals surface area contributed by atoms with E-state index in [0.29, 0.717) is 12.8 Å². The third-order valence-electron chi connectivity index (χ3n) is 6.12. The van der Waals surface area contributed by atoms with E-state index in [4.69, 9.17) is 0 Å². The van der Waals surface area contributed by atoms with Crippen LogP contribution in [0.5, 0.6) is 0 Å². The molecule has 1 aliphatic rings. The molecule has 1 saturated heterocycles. The molecule has 1 aliphatic heterocycles. The maximum atomic E-state index is 14.1. The zero-order valence-electron chi connectivity index (χ0n) is 19.7. The van der Waals surface area contributed by atoms with Gasteiger partial charge in [0.05, 0.1) is 10.4 Å². The van der Waals surface area contributed by atoms with Crippen molar-refractivity contribution < 1.29 is 22.8 Å². The molecular weight excluding hydrogens is 465 g/mol. The number of aromatic nitrogens is 2. The topological polar surface area (TPSA) is 75.2 Å². The average molecular weight is 497 g/mol. The van der Waals surface area contributed by atoms with Crippen molar-refractivity contribution in [3.05, 3.63) is 28.5 Å². The summed E-state index contributed by atoms with van der Waals surface area (Å²) in [6.45, 7) is 6.44. The summed E-state index contributed by atoms with van der Waals surface area (Å²) in [6, 6.07) is 0.928. The Morgan fingerprint density at radius 2 is 2.06 bits per heavy atom. The number of carbonyl (C=O) groups excluding carboxylic acids is 2. The number of carbonyl (C=O) groups is 2. The fourth-order valence-corrected chi connectivity index (χ4v) is 4.89. The van der Waals surface area contributed by atoms with Crippen molar-refractivity contribution in [3.63, 3.8) is 0 Å². The molecule has 0 aliphatic carbocycles. The summed E-state index contributed by atoms with van der Waals surface area (Å²) in [7, 11) is 0. The van der Waals surface area contributed by atoms with Crippen LogP contribution in [-0.4, -0.2) is 45.7 Å². The summed E-state index contributed by atoms with van der Waals surface area (Å²) in [5.41, 5.74) is -1.29. The third-order valence-corrected chi connectivity index (χ3v) is 7.13. The zero-order chi connectivity index (χ0) is 24.9. The Kier molecular flexibility index (Phi) is 8.67. The van der Waals surface area contributed by atoms with Crippen molar-refractivity contribution in [2.75, 3.05) is 11.9 Å². The molecule has 34 heavy (non-hydrogen) atoms. The Balaban J connectivity index is 1.87. The first-order chi connectivity index (χ1) is 16.2. The van der Waals surface area contributed by atoms with E-state index in [2.05, 4.69) is 22.2 Å². The van der Waals surface area contributed by atoms with Crippen molar-refractivity contribution in [3.8, 4) is 10.4 Å². The van der Waals surface area contributed by atoms with E-state index >= 15 is 0 Å². The minimum atomic E-state index is -4.67. The highest BCUT2D eigenvalue weighted by atomic mass is 32.1. The van der Waals surface area contributed by atoms with Gasteiger partial charge in [0, 0.05) is 30.4 Å². The summed E-state index contributed by atoms with van der Waals surface area (Å²) in [5, 5.41) is 3.02. The van der Waals surface area contributed by atoms with E-state index in [-0.39, 0.29) is 39.0 Å². The van der Waals surface area contributed by atoms with Gasteiger partial charge in [0.1, 0.15) is 11.5 Å². The maximum absolute atomic E-state index is 14.1. The number of anilines is 1. The molecule has 1 fully saturated rings. The number of nitrogens with zero attached hydrogens (tertiary/aromatic N) is 3. The maximum Gasteiger partial charge on any atom is 0.417 e. The number of rotatable bonds is 11. The molecule has 186 valence electrons. The van der Waals surface area contributed by atoms with Crippen LogP contribution in [0.2, 0.25) is 0 Å². The second-order valence-electron chi connectivity index (χ2n) is 8.85. The molecule has 1 N–H and O–H groups in total. The van der Waals surface area contributed by atoms with Gasteiger partial charge in [0.2, 0.25) is 0 Å². The van der Waals surface area contributed by atoms with Crippen LogP contribution in [-0.2, 0) is 6.18 Å². The predicted molar refractivity (Wildman–Crippen MR) is 127 cm³/mol. The summed E-state index contributed by atoms with van der Waals surface area (Å²) in [6.07, 6.45) is 4.13. The van der Waals surface area contributed by atoms with E-state index < -0.39 is 17.6 Å². The van der Waals surface area contributed by atoms with Gasteiger partial charge in [-0.15, -0.1) is 11.3 Å². The summed E-state index contributed by atoms with van der Waals surface area (Å²) >= 11 is 0.775. The molecule has 6 nitrogen and oxygen atoms in total. The number of hydrogen-bond donors (Lipinski definition) is 1. The van der Waals surface area contributed by atoms with Crippen LogP contribution < -0.4 is 5.32 Å². The SMILES string of the molecule is CCCCCCCC(C)Nc1cc(C(F)(F)F)c(-c2sc(C=O)nc2C(=O)N2CC[C@@H]2C)cn1. The fraction of sp³-hybridized carbons (Fsp3) is 0.583. The number of amides is 1. The van der Waals surface area contributed by atoms with Crippen LogP contribution >= 0.6 is 11.3 Å². The summed E-state index contributed by atoms with van der Waals surface area (Å²) < 4.78 is 42.2. The molecule has 10 heteroatoms. The zero-order valence-corrected chi connectivity index (χ0v) is 20.6. The van der Waals surface area contributed by atoms with Gasteiger partial charge in [-0.05, 0) is 32.8 Å². The molecule has 0 spiro atoms. The number of alkyl halides is 3. The molecule has 1 unspecified atom stereocenters. The molecule has 2 aromatic rings. The van der Waals surface area contributed by atoms with Gasteiger partial charge >= 0.3 is 6.18 Å². The molecule has 2 aromatic heterocycles. The van der Waals surface area contributed by atoms with Gasteiger partial charge in [-0.2, -0.15) is 13.2 Å². The number of nitrogens with one attached hydrogen (secondary N) is 1. The molecule has 0 aromatic carbocycles. The van der Waals surface area contributed by atoms with E-state index in [1.54, 1.807) is 4.90 Å². The highest BCUT2D eigenvalue weighted by molar-refractivity contribution is 7.17. The Morgan fingerprint density at radius 3 is 2.65 bits per heavy atom. The first kappa shape index (κ1) is 26.1. The van der Waals surface area contributed by atoms with E-state index in [1.807, 2.05) is 13.8 Å². The molecule has 3 heterocycles. The molecule has 3 rings (SSSR count). The predicted octanol–water partition coefficient (Wildman–Crippen LogP) is 6.43. The Morgan fingerprint density at radius 1 is 1.32 bits per heavy atom. The second-order valence-corrected chi connectivity index (χ2v) is 9.88. The highest BCUT2D eigenvalue weighted by Gasteiger charge is 2.38. The minimum absolute atomic E-state index is 0.0153. The minimum Gasteiger partial charge on any atom is -0.368 e. The highest BCUT2D eigenvalue weighted by Crippen LogP contribution is 2.41. The first-order valence-electron chi connectivity index (χ1n) is 11.8. The van der Waals surface area contributed by atoms with E-state index in [9.17, 15) is 22.8 Å². The number of halogens is 3. The largest absolute Gasteiger partial charge is 0.417 e. The lowest BCUT2D eigenvalue weighted by Gasteiger charge is -2.38. The number of unbranched alkanes of at least 4 members (excludes halogenated alkanes) is 4. The normalized spacial score (nSPS) is 16.8. The molecule has 0 bridgehead atoms. The fourth-order valence-electron chi connectivity index (χ4n) is 4.00. The Labute approximate surface area is 202 Å². The quantitative estimate of drug-likeness (QED) is 0.287. The van der Waals surface area contributed by atoms with E-state index in [0.717, 1.165) is 62.1 Å². The molecule has 1 amide bonds. The van der Waals surface area contributed by atoms with Crippen molar-refractivity contribution in [2.24, 2.45) is 0 Å². The van der Waals surface area contributed by atoms with Crippen molar-refractivity contribution in [1.29, 1.82) is 0 Å².